The predicted octanol–water partition coefficient (Wildman–Crippen LogP) is 1.74. The maximum Gasteiger partial charge on any atom is 0.240 e. The van der Waals surface area contributed by atoms with Gasteiger partial charge < -0.3 is 5.32 Å². The highest BCUT2D eigenvalue weighted by Gasteiger charge is 2.16. The molecule has 5 nitrogen and oxygen atoms in total. The lowest BCUT2D eigenvalue weighted by Crippen LogP contribution is -2.35. The first-order chi connectivity index (χ1) is 9.72. The highest BCUT2D eigenvalue weighted by Crippen LogP contribution is 2.16. The molecule has 0 aliphatic carbocycles. The Hall–Kier alpha value is -1.40. The molecule has 0 radical (unpaired) electrons. The number of nitrogens with one attached hydrogen (secondary N) is 2. The molecule has 0 aromatic heterocycles. The van der Waals surface area contributed by atoms with Gasteiger partial charge in [0.2, 0.25) is 15.9 Å². The molecule has 1 aromatic carbocycles. The summed E-state index contributed by atoms with van der Waals surface area (Å²) in [6.07, 6.45) is 0.448. The second kappa shape index (κ2) is 7.56. The monoisotopic (exact) mass is 312 g/mol. The topological polar surface area (TPSA) is 75.3 Å². The molecular weight excluding hydrogens is 288 g/mol. The van der Waals surface area contributed by atoms with Crippen molar-refractivity contribution >= 4 is 15.9 Å². The van der Waals surface area contributed by atoms with Crippen LogP contribution in [0.25, 0.3) is 0 Å². The van der Waals surface area contributed by atoms with Crippen molar-refractivity contribution in [2.24, 2.45) is 5.92 Å². The van der Waals surface area contributed by atoms with E-state index in [0.717, 1.165) is 5.56 Å². The van der Waals surface area contributed by atoms with Crippen LogP contribution < -0.4 is 10.0 Å². The molecule has 0 unspecified atom stereocenters. The predicted molar refractivity (Wildman–Crippen MR) is 83.6 cm³/mol. The Morgan fingerprint density at radius 1 is 1.19 bits per heavy atom. The number of carbonyl (C=O) groups is 1. The number of aryl methyl sites for hydroxylation is 2. The summed E-state index contributed by atoms with van der Waals surface area (Å²) >= 11 is 0. The first-order valence-corrected chi connectivity index (χ1v) is 8.54. The van der Waals surface area contributed by atoms with E-state index in [4.69, 9.17) is 0 Å². The Labute approximate surface area is 127 Å². The van der Waals surface area contributed by atoms with E-state index in [0.29, 0.717) is 12.0 Å². The number of amides is 1. The zero-order chi connectivity index (χ0) is 16.0. The molecule has 21 heavy (non-hydrogen) atoms. The largest absolute Gasteiger partial charge is 0.355 e. The Morgan fingerprint density at radius 3 is 2.48 bits per heavy atom. The van der Waals surface area contributed by atoms with Gasteiger partial charge in [0.25, 0.3) is 0 Å². The molecule has 6 heteroatoms. The van der Waals surface area contributed by atoms with Crippen LogP contribution >= 0.6 is 0 Å². The van der Waals surface area contributed by atoms with E-state index in [1.807, 2.05) is 26.8 Å². The highest BCUT2D eigenvalue weighted by molar-refractivity contribution is 7.89. The van der Waals surface area contributed by atoms with E-state index in [1.54, 1.807) is 19.1 Å². The Kier molecular flexibility index (Phi) is 6.36. The van der Waals surface area contributed by atoms with Gasteiger partial charge in [0, 0.05) is 19.5 Å². The van der Waals surface area contributed by atoms with E-state index < -0.39 is 10.0 Å². The van der Waals surface area contributed by atoms with Crippen molar-refractivity contribution in [2.45, 2.75) is 39.0 Å². The molecule has 0 aliphatic heterocycles. The van der Waals surface area contributed by atoms with Crippen LogP contribution in [-0.2, 0) is 14.8 Å². The molecule has 2 N–H and O–H groups in total. The molecule has 1 amide bonds. The molecule has 0 atom stereocenters. The van der Waals surface area contributed by atoms with Gasteiger partial charge in [-0.05, 0) is 37.0 Å². The minimum Gasteiger partial charge on any atom is -0.355 e. The summed E-state index contributed by atoms with van der Waals surface area (Å²) in [5, 5.41) is 2.70. The lowest BCUT2D eigenvalue weighted by molar-refractivity contribution is -0.121. The summed E-state index contributed by atoms with van der Waals surface area (Å²) in [6, 6.07) is 5.31. The lowest BCUT2D eigenvalue weighted by Gasteiger charge is -2.11. The fraction of sp³-hybridized carbons (Fsp3) is 0.533. The fourth-order valence-electron chi connectivity index (χ4n) is 1.90. The smallest absolute Gasteiger partial charge is 0.240 e. The summed E-state index contributed by atoms with van der Waals surface area (Å²) in [5.74, 6) is 0.229. The van der Waals surface area contributed by atoms with Crippen molar-refractivity contribution in [3.05, 3.63) is 29.3 Å². The number of hydrogen-bond donors (Lipinski definition) is 2. The van der Waals surface area contributed by atoms with Crippen LogP contribution in [0, 0.1) is 19.8 Å². The van der Waals surface area contributed by atoms with Crippen LogP contribution in [0.2, 0.25) is 0 Å². The van der Waals surface area contributed by atoms with Crippen LogP contribution in [0.1, 0.15) is 31.4 Å². The quantitative estimate of drug-likeness (QED) is 0.753. The molecule has 0 heterocycles. The number of benzene rings is 1. The summed E-state index contributed by atoms with van der Waals surface area (Å²) in [7, 11) is -3.54. The van der Waals surface area contributed by atoms with Gasteiger partial charge in [-0.1, -0.05) is 26.0 Å². The van der Waals surface area contributed by atoms with E-state index in [9.17, 15) is 13.2 Å². The molecule has 0 aliphatic rings. The van der Waals surface area contributed by atoms with E-state index in [1.165, 1.54) is 0 Å². The molecule has 0 saturated carbocycles. The normalized spacial score (nSPS) is 11.7. The maximum absolute atomic E-state index is 12.2. The average Bonchev–Trinajstić information content (AvgIpc) is 2.36. The molecule has 0 fully saturated rings. The van der Waals surface area contributed by atoms with Gasteiger partial charge in [0.1, 0.15) is 0 Å². The van der Waals surface area contributed by atoms with Gasteiger partial charge in [0.05, 0.1) is 4.90 Å². The van der Waals surface area contributed by atoms with Gasteiger partial charge in [-0.2, -0.15) is 0 Å². The van der Waals surface area contributed by atoms with Crippen molar-refractivity contribution in [3.8, 4) is 0 Å². The number of hydrogen-bond acceptors (Lipinski definition) is 3. The van der Waals surface area contributed by atoms with Crippen molar-refractivity contribution in [2.75, 3.05) is 13.1 Å². The van der Waals surface area contributed by atoms with Gasteiger partial charge in [-0.25, -0.2) is 13.1 Å². The summed E-state index contributed by atoms with van der Waals surface area (Å²) in [5.41, 5.74) is 1.60. The number of sulfonamides is 1. The van der Waals surface area contributed by atoms with E-state index in [-0.39, 0.29) is 29.8 Å². The van der Waals surface area contributed by atoms with Crippen molar-refractivity contribution in [1.82, 2.24) is 10.0 Å². The van der Waals surface area contributed by atoms with Gasteiger partial charge in [0.15, 0.2) is 0 Å². The van der Waals surface area contributed by atoms with Crippen LogP contribution in [0.5, 0.6) is 0 Å². The maximum atomic E-state index is 12.2. The fourth-order valence-corrected chi connectivity index (χ4v) is 3.26. The Bertz CT molecular complexity index is 595. The molecule has 1 rings (SSSR count). The van der Waals surface area contributed by atoms with Crippen LogP contribution in [-0.4, -0.2) is 27.4 Å². The lowest BCUT2D eigenvalue weighted by atomic mass is 10.1. The van der Waals surface area contributed by atoms with Crippen LogP contribution in [0.3, 0.4) is 0 Å². The summed E-state index contributed by atoms with van der Waals surface area (Å²) in [6.45, 7) is 8.00. The van der Waals surface area contributed by atoms with Gasteiger partial charge in [-0.3, -0.25) is 4.79 Å². The Morgan fingerprint density at radius 2 is 1.86 bits per heavy atom. The van der Waals surface area contributed by atoms with Gasteiger partial charge >= 0.3 is 0 Å². The van der Waals surface area contributed by atoms with Crippen molar-refractivity contribution < 1.29 is 13.2 Å². The molecule has 0 bridgehead atoms. The molecule has 0 saturated heterocycles. The van der Waals surface area contributed by atoms with Crippen LogP contribution in [0.4, 0.5) is 0 Å². The average molecular weight is 312 g/mol. The third kappa shape index (κ3) is 5.85. The zero-order valence-corrected chi connectivity index (χ0v) is 13.9. The second-order valence-electron chi connectivity index (χ2n) is 5.61. The standard InChI is InChI=1S/C15H24N2O3S/c1-11(2)9-15(18)16-7-8-17-21(19,20)14-10-12(3)5-6-13(14)4/h5-6,10-11,17H,7-9H2,1-4H3,(H,16,18). The minimum absolute atomic E-state index is 0.0593. The molecule has 1 aromatic rings. The Balaban J connectivity index is 2.54. The zero-order valence-electron chi connectivity index (χ0n) is 13.1. The van der Waals surface area contributed by atoms with E-state index >= 15 is 0 Å². The molecule has 118 valence electrons. The minimum atomic E-state index is -3.54. The molecular formula is C15H24N2O3S. The van der Waals surface area contributed by atoms with E-state index in [2.05, 4.69) is 10.0 Å². The summed E-state index contributed by atoms with van der Waals surface area (Å²) < 4.78 is 26.9. The SMILES string of the molecule is Cc1ccc(C)c(S(=O)(=O)NCCNC(=O)CC(C)C)c1. The summed E-state index contributed by atoms with van der Waals surface area (Å²) in [4.78, 5) is 11.7. The highest BCUT2D eigenvalue weighted by atomic mass is 32.2. The number of carbonyl (C=O) groups excluding carboxylic acids is 1. The first kappa shape index (κ1) is 17.7. The third-order valence-corrected chi connectivity index (χ3v) is 4.57. The third-order valence-electron chi connectivity index (χ3n) is 2.97. The first-order valence-electron chi connectivity index (χ1n) is 7.06. The van der Waals surface area contributed by atoms with Crippen LogP contribution in [0.15, 0.2) is 23.1 Å². The second-order valence-corrected chi connectivity index (χ2v) is 7.35. The molecule has 0 spiro atoms. The van der Waals surface area contributed by atoms with Crippen molar-refractivity contribution in [3.63, 3.8) is 0 Å². The number of rotatable bonds is 7. The van der Waals surface area contributed by atoms with Gasteiger partial charge in [-0.15, -0.1) is 0 Å². The van der Waals surface area contributed by atoms with Crippen molar-refractivity contribution in [1.29, 1.82) is 0 Å².